The Kier molecular flexibility index (Phi) is 2.95. The first kappa shape index (κ1) is 11.5. The fraction of sp³-hybridized carbons (Fsp3) is 0.833. The summed E-state index contributed by atoms with van der Waals surface area (Å²) in [6.45, 7) is 5.27. The monoisotopic (exact) mass is 198 g/mol. The molecule has 0 heterocycles. The standard InChI is InChI=1S/C6H13F3N2Si/c1-11(12(2,3)4)5(10)6(7,8)9/h10H,1-4H3. The third-order valence-corrected chi connectivity index (χ3v) is 3.85. The van der Waals surface area contributed by atoms with Gasteiger partial charge < -0.3 is 4.57 Å². The average molecular weight is 198 g/mol. The summed E-state index contributed by atoms with van der Waals surface area (Å²) in [5.41, 5.74) is 0. The first-order valence-corrected chi connectivity index (χ1v) is 6.91. The molecular formula is C6H13F3N2Si. The Morgan fingerprint density at radius 3 is 1.67 bits per heavy atom. The Hall–Kier alpha value is -0.523. The fourth-order valence-corrected chi connectivity index (χ4v) is 1.32. The van der Waals surface area contributed by atoms with Crippen LogP contribution in [0.4, 0.5) is 13.2 Å². The molecular weight excluding hydrogens is 185 g/mol. The van der Waals surface area contributed by atoms with Gasteiger partial charge in [0.15, 0.2) is 5.84 Å². The van der Waals surface area contributed by atoms with E-state index >= 15 is 0 Å². The van der Waals surface area contributed by atoms with E-state index in [1.54, 1.807) is 19.6 Å². The van der Waals surface area contributed by atoms with Crippen LogP contribution in [0.5, 0.6) is 0 Å². The minimum absolute atomic E-state index is 1.03. The Morgan fingerprint density at radius 1 is 1.25 bits per heavy atom. The first-order valence-electron chi connectivity index (χ1n) is 3.46. The van der Waals surface area contributed by atoms with Gasteiger partial charge in [-0.3, -0.25) is 5.41 Å². The molecule has 0 spiro atoms. The van der Waals surface area contributed by atoms with Crippen LogP contribution in [0.25, 0.3) is 0 Å². The molecule has 1 N–H and O–H groups in total. The minimum Gasteiger partial charge on any atom is -0.382 e. The molecule has 0 aromatic heterocycles. The van der Waals surface area contributed by atoms with Gasteiger partial charge in [-0.2, -0.15) is 13.2 Å². The molecule has 12 heavy (non-hydrogen) atoms. The number of hydrogen-bond acceptors (Lipinski definition) is 1. The van der Waals surface area contributed by atoms with Crippen molar-refractivity contribution in [3.63, 3.8) is 0 Å². The zero-order chi connectivity index (χ0) is 10.2. The largest absolute Gasteiger partial charge is 0.447 e. The van der Waals surface area contributed by atoms with E-state index in [0.29, 0.717) is 0 Å². The summed E-state index contributed by atoms with van der Waals surface area (Å²) in [5, 5.41) is 6.84. The lowest BCUT2D eigenvalue weighted by Crippen LogP contribution is -2.51. The SMILES string of the molecule is CN(C(=N)C(F)(F)F)[Si](C)(C)C. The molecule has 0 fully saturated rings. The second-order valence-corrected chi connectivity index (χ2v) is 8.59. The number of rotatable bonds is 1. The Balaban J connectivity index is 4.53. The summed E-state index contributed by atoms with van der Waals surface area (Å²) >= 11 is 0. The van der Waals surface area contributed by atoms with Gasteiger partial charge >= 0.3 is 6.18 Å². The maximum Gasteiger partial charge on any atom is 0.447 e. The quantitative estimate of drug-likeness (QED) is 0.390. The summed E-state index contributed by atoms with van der Waals surface area (Å²) in [4.78, 5) is 0. The number of amidine groups is 1. The van der Waals surface area contributed by atoms with Crippen molar-refractivity contribution in [2.45, 2.75) is 25.8 Å². The van der Waals surface area contributed by atoms with Gasteiger partial charge in [0.25, 0.3) is 0 Å². The van der Waals surface area contributed by atoms with Crippen LogP contribution in [-0.2, 0) is 0 Å². The third kappa shape index (κ3) is 2.84. The van der Waals surface area contributed by atoms with Gasteiger partial charge in [-0.1, -0.05) is 19.6 Å². The van der Waals surface area contributed by atoms with Crippen LogP contribution in [0.3, 0.4) is 0 Å². The predicted octanol–water partition coefficient (Wildman–Crippen LogP) is 2.29. The number of nitrogens with one attached hydrogen (secondary N) is 1. The van der Waals surface area contributed by atoms with Crippen molar-refractivity contribution in [1.82, 2.24) is 4.57 Å². The molecule has 72 valence electrons. The van der Waals surface area contributed by atoms with Crippen molar-refractivity contribution in [2.75, 3.05) is 7.05 Å². The fourth-order valence-electron chi connectivity index (χ4n) is 0.526. The Morgan fingerprint density at radius 2 is 1.58 bits per heavy atom. The van der Waals surface area contributed by atoms with E-state index in [9.17, 15) is 13.2 Å². The molecule has 0 amide bonds. The number of alkyl halides is 3. The summed E-state index contributed by atoms with van der Waals surface area (Å²) in [5.74, 6) is -1.25. The van der Waals surface area contributed by atoms with Crippen LogP contribution in [0.2, 0.25) is 19.6 Å². The molecule has 0 saturated heterocycles. The topological polar surface area (TPSA) is 27.1 Å². The summed E-state index contributed by atoms with van der Waals surface area (Å²) in [6.07, 6.45) is -4.52. The molecule has 6 heteroatoms. The third-order valence-electron chi connectivity index (χ3n) is 1.61. The van der Waals surface area contributed by atoms with Gasteiger partial charge in [-0.25, -0.2) is 0 Å². The lowest BCUT2D eigenvalue weighted by molar-refractivity contribution is -0.0661. The number of halogens is 3. The van der Waals surface area contributed by atoms with Crippen molar-refractivity contribution in [1.29, 1.82) is 5.41 Å². The predicted molar refractivity (Wildman–Crippen MR) is 44.9 cm³/mol. The summed E-state index contributed by atoms with van der Waals surface area (Å²) in [7, 11) is -0.723. The molecule has 0 aromatic rings. The minimum atomic E-state index is -4.52. The normalized spacial score (nSPS) is 12.9. The van der Waals surface area contributed by atoms with Crippen LogP contribution in [0.1, 0.15) is 0 Å². The van der Waals surface area contributed by atoms with Gasteiger partial charge in [-0.05, 0) is 7.05 Å². The van der Waals surface area contributed by atoms with Gasteiger partial charge in [0.1, 0.15) is 8.24 Å². The number of nitrogens with zero attached hydrogens (tertiary/aromatic N) is 1. The van der Waals surface area contributed by atoms with Gasteiger partial charge in [-0.15, -0.1) is 0 Å². The number of hydrogen-bond donors (Lipinski definition) is 1. The van der Waals surface area contributed by atoms with E-state index in [2.05, 4.69) is 0 Å². The van der Waals surface area contributed by atoms with E-state index < -0.39 is 20.2 Å². The highest BCUT2D eigenvalue weighted by molar-refractivity contribution is 6.75. The van der Waals surface area contributed by atoms with E-state index in [0.717, 1.165) is 4.57 Å². The van der Waals surface area contributed by atoms with E-state index in [4.69, 9.17) is 5.41 Å². The average Bonchev–Trinajstić information content (AvgIpc) is 1.80. The molecule has 0 radical (unpaired) electrons. The van der Waals surface area contributed by atoms with Crippen LogP contribution >= 0.6 is 0 Å². The second kappa shape index (κ2) is 3.08. The van der Waals surface area contributed by atoms with Crippen LogP contribution in [-0.4, -0.2) is 31.9 Å². The zero-order valence-electron chi connectivity index (χ0n) is 7.58. The summed E-state index contributed by atoms with van der Waals surface area (Å²) < 4.78 is 37.0. The molecule has 0 bridgehead atoms. The molecule has 0 aliphatic heterocycles. The van der Waals surface area contributed by atoms with E-state index in [1.807, 2.05) is 0 Å². The molecule has 0 aliphatic carbocycles. The van der Waals surface area contributed by atoms with Crippen LogP contribution in [0, 0.1) is 5.41 Å². The van der Waals surface area contributed by atoms with Crippen molar-refractivity contribution in [2.24, 2.45) is 0 Å². The molecule has 0 atom stereocenters. The lowest BCUT2D eigenvalue weighted by atomic mass is 10.6. The van der Waals surface area contributed by atoms with Gasteiger partial charge in [0.05, 0.1) is 0 Å². The van der Waals surface area contributed by atoms with Crippen molar-refractivity contribution in [3.05, 3.63) is 0 Å². The van der Waals surface area contributed by atoms with E-state index in [-0.39, 0.29) is 0 Å². The van der Waals surface area contributed by atoms with Gasteiger partial charge in [0, 0.05) is 0 Å². The molecule has 0 aromatic carbocycles. The highest BCUT2D eigenvalue weighted by Gasteiger charge is 2.40. The zero-order valence-corrected chi connectivity index (χ0v) is 8.58. The highest BCUT2D eigenvalue weighted by Crippen LogP contribution is 2.21. The lowest BCUT2D eigenvalue weighted by Gasteiger charge is -2.32. The summed E-state index contributed by atoms with van der Waals surface area (Å²) in [6, 6.07) is 0. The molecule has 0 rings (SSSR count). The highest BCUT2D eigenvalue weighted by atomic mass is 28.3. The van der Waals surface area contributed by atoms with Crippen LogP contribution in [0.15, 0.2) is 0 Å². The molecule has 0 unspecified atom stereocenters. The van der Waals surface area contributed by atoms with Crippen molar-refractivity contribution < 1.29 is 13.2 Å². The molecule has 0 saturated carbocycles. The van der Waals surface area contributed by atoms with Crippen molar-refractivity contribution in [3.8, 4) is 0 Å². The smallest absolute Gasteiger partial charge is 0.382 e. The first-order chi connectivity index (χ1) is 5.07. The molecule has 0 aliphatic rings. The van der Waals surface area contributed by atoms with E-state index in [1.165, 1.54) is 7.05 Å². The Labute approximate surface area is 71.0 Å². The maximum atomic E-state index is 12.0. The molecule has 2 nitrogen and oxygen atoms in total. The Bertz CT molecular complexity index is 182. The van der Waals surface area contributed by atoms with Gasteiger partial charge in [0.2, 0.25) is 0 Å². The van der Waals surface area contributed by atoms with Crippen molar-refractivity contribution >= 4 is 14.1 Å². The second-order valence-electron chi connectivity index (χ2n) is 3.58. The van der Waals surface area contributed by atoms with Crippen LogP contribution < -0.4 is 0 Å². The maximum absolute atomic E-state index is 12.0.